The molecule has 2 heterocycles. The maximum Gasteiger partial charge on any atom is 0.127 e. The first-order chi connectivity index (χ1) is 13.4. The van der Waals surface area contributed by atoms with Crippen LogP contribution in [0.25, 0.3) is 33.1 Å². The Kier molecular flexibility index (Phi) is 6.00. The van der Waals surface area contributed by atoms with Gasteiger partial charge in [-0.3, -0.25) is 3.59 Å². The zero-order valence-corrected chi connectivity index (χ0v) is 22.1. The van der Waals surface area contributed by atoms with Crippen molar-refractivity contribution in [2.24, 2.45) is 0 Å². The molecule has 2 aromatic heterocycles. The lowest BCUT2D eigenvalue weighted by atomic mass is 10.1. The van der Waals surface area contributed by atoms with E-state index in [1.807, 2.05) is 30.3 Å². The van der Waals surface area contributed by atoms with Crippen molar-refractivity contribution in [2.75, 3.05) is 0 Å². The van der Waals surface area contributed by atoms with Crippen molar-refractivity contribution in [1.29, 1.82) is 0 Å². The first kappa shape index (κ1) is 20.5. The minimum absolute atomic E-state index is 0.999. The second kappa shape index (κ2) is 8.19. The van der Waals surface area contributed by atoms with Gasteiger partial charge in [-0.1, -0.05) is 42.5 Å². The molecule has 0 saturated carbocycles. The van der Waals surface area contributed by atoms with E-state index in [0.717, 1.165) is 52.2 Å². The zero-order chi connectivity index (χ0) is 20.0. The van der Waals surface area contributed by atoms with Gasteiger partial charge < -0.3 is 0 Å². The molecule has 0 radical (unpaired) electrons. The Morgan fingerprint density at radius 3 is 2.21 bits per heavy atom. The smallest absolute Gasteiger partial charge is 0.127 e. The van der Waals surface area contributed by atoms with Crippen LogP contribution in [0.4, 0.5) is 0 Å². The van der Waals surface area contributed by atoms with Gasteiger partial charge in [0.2, 0.25) is 0 Å². The zero-order valence-electron chi connectivity index (χ0n) is 14.9. The van der Waals surface area contributed by atoms with Crippen LogP contribution in [0, 0.1) is 13.8 Å². The maximum absolute atomic E-state index is 4.85. The van der Waals surface area contributed by atoms with Crippen molar-refractivity contribution in [3.63, 3.8) is 0 Å². The molecule has 28 heavy (non-hydrogen) atoms. The summed E-state index contributed by atoms with van der Waals surface area (Å²) >= 11 is 16.8. The molecule has 0 aliphatic carbocycles. The van der Waals surface area contributed by atoms with Crippen LogP contribution in [-0.2, 0) is 0 Å². The normalized spacial score (nSPS) is 11.2. The monoisotopic (exact) mass is 642 g/mol. The predicted octanol–water partition coefficient (Wildman–Crippen LogP) is 9.01. The number of thiazole rings is 1. The van der Waals surface area contributed by atoms with E-state index in [1.165, 1.54) is 4.88 Å². The molecular weight excluding hydrogens is 632 g/mol. The Bertz CT molecular complexity index is 1160. The fourth-order valence-corrected chi connectivity index (χ4v) is 6.74. The molecule has 0 atom stereocenters. The molecular formula is C21H14Br4N2S. The van der Waals surface area contributed by atoms with E-state index >= 15 is 0 Å². The first-order valence-electron chi connectivity index (χ1n) is 8.44. The molecule has 0 bridgehead atoms. The van der Waals surface area contributed by atoms with Crippen molar-refractivity contribution in [1.82, 2.24) is 8.58 Å². The predicted molar refractivity (Wildman–Crippen MR) is 133 cm³/mol. The van der Waals surface area contributed by atoms with Crippen LogP contribution in [0.2, 0.25) is 0 Å². The molecule has 142 valence electrons. The van der Waals surface area contributed by atoms with Gasteiger partial charge in [-0.05, 0) is 67.7 Å². The average Bonchev–Trinajstić information content (AvgIpc) is 3.14. The van der Waals surface area contributed by atoms with Crippen LogP contribution in [0.3, 0.4) is 0 Å². The van der Waals surface area contributed by atoms with Crippen molar-refractivity contribution >= 4 is 75.3 Å². The summed E-state index contributed by atoms with van der Waals surface area (Å²) in [6.07, 6.45) is 0. The van der Waals surface area contributed by atoms with Gasteiger partial charge in [0.25, 0.3) is 0 Å². The minimum Gasteiger partial charge on any atom is -0.274 e. The van der Waals surface area contributed by atoms with E-state index in [-0.39, 0.29) is 0 Å². The van der Waals surface area contributed by atoms with E-state index in [4.69, 9.17) is 4.98 Å². The number of hydrogen-bond acceptors (Lipinski definition) is 2. The van der Waals surface area contributed by atoms with Gasteiger partial charge in [0.1, 0.15) is 5.01 Å². The molecule has 0 unspecified atom stereocenters. The molecule has 4 rings (SSSR count). The lowest BCUT2D eigenvalue weighted by Gasteiger charge is -2.10. The SMILES string of the molecule is Cc1nc(-c2c(Br)c(-c3ccccc3)n(Br)c2-c2cccc(Br)c2Br)sc1C. The van der Waals surface area contributed by atoms with Gasteiger partial charge in [0, 0.05) is 24.9 Å². The van der Waals surface area contributed by atoms with Crippen LogP contribution in [0.15, 0.2) is 61.9 Å². The van der Waals surface area contributed by atoms with Gasteiger partial charge in [0.15, 0.2) is 0 Å². The molecule has 4 aromatic rings. The highest BCUT2D eigenvalue weighted by molar-refractivity contribution is 9.13. The summed E-state index contributed by atoms with van der Waals surface area (Å²) in [4.78, 5) is 6.08. The van der Waals surface area contributed by atoms with Crippen molar-refractivity contribution in [3.05, 3.63) is 72.5 Å². The van der Waals surface area contributed by atoms with Crippen LogP contribution in [-0.4, -0.2) is 8.58 Å². The second-order valence-electron chi connectivity index (χ2n) is 6.30. The molecule has 0 spiro atoms. The van der Waals surface area contributed by atoms with Crippen LogP contribution in [0.5, 0.6) is 0 Å². The maximum atomic E-state index is 4.85. The molecule has 7 heteroatoms. The highest BCUT2D eigenvalue weighted by Gasteiger charge is 2.27. The number of benzene rings is 2. The number of halogens is 4. The Morgan fingerprint density at radius 1 is 0.857 bits per heavy atom. The Labute approximate surface area is 201 Å². The van der Waals surface area contributed by atoms with Gasteiger partial charge in [-0.15, -0.1) is 11.3 Å². The lowest BCUT2D eigenvalue weighted by molar-refractivity contribution is 1.23. The standard InChI is InChI=1S/C21H14Br4N2S/c1-11-12(2)28-21(26-11)16-18(24)19(13-7-4-3-5-8-13)27(25)20(16)14-9-6-10-15(22)17(14)23/h3-10H,1-2H3. The average molecular weight is 646 g/mol. The van der Waals surface area contributed by atoms with E-state index in [1.54, 1.807) is 11.3 Å². The van der Waals surface area contributed by atoms with E-state index in [0.29, 0.717) is 0 Å². The third-order valence-corrected chi connectivity index (χ3v) is 9.17. The Balaban J connectivity index is 2.10. The van der Waals surface area contributed by atoms with Gasteiger partial charge in [-0.2, -0.15) is 0 Å². The molecule has 0 aliphatic heterocycles. The highest BCUT2D eigenvalue weighted by atomic mass is 79.9. The van der Waals surface area contributed by atoms with Gasteiger partial charge >= 0.3 is 0 Å². The quantitative estimate of drug-likeness (QED) is 0.217. The summed E-state index contributed by atoms with van der Waals surface area (Å²) in [6, 6.07) is 16.5. The van der Waals surface area contributed by atoms with Crippen LogP contribution in [0.1, 0.15) is 10.6 Å². The Hall–Kier alpha value is -0.730. The van der Waals surface area contributed by atoms with Crippen molar-refractivity contribution in [3.8, 4) is 33.1 Å². The number of rotatable bonds is 3. The summed E-state index contributed by atoms with van der Waals surface area (Å²) in [5.41, 5.74) is 6.45. The molecule has 2 nitrogen and oxygen atoms in total. The van der Waals surface area contributed by atoms with Crippen LogP contribution >= 0.6 is 75.3 Å². The number of nitrogens with zero attached hydrogens (tertiary/aromatic N) is 2. The number of aryl methyl sites for hydroxylation is 2. The summed E-state index contributed by atoms with van der Waals surface area (Å²) in [5.74, 6) is 0. The minimum atomic E-state index is 0.999. The Morgan fingerprint density at radius 2 is 1.57 bits per heavy atom. The molecule has 0 saturated heterocycles. The fraction of sp³-hybridized carbons (Fsp3) is 0.0952. The lowest BCUT2D eigenvalue weighted by Crippen LogP contribution is -1.91. The van der Waals surface area contributed by atoms with E-state index in [9.17, 15) is 0 Å². The first-order valence-corrected chi connectivity index (χ1v) is 12.3. The number of hydrogen-bond donors (Lipinski definition) is 0. The summed E-state index contributed by atoms with van der Waals surface area (Å²) in [6.45, 7) is 4.17. The topological polar surface area (TPSA) is 17.8 Å². The fourth-order valence-electron chi connectivity index (χ4n) is 3.06. The third-order valence-electron chi connectivity index (χ3n) is 4.55. The van der Waals surface area contributed by atoms with Crippen molar-refractivity contribution in [2.45, 2.75) is 13.8 Å². The van der Waals surface area contributed by atoms with Crippen molar-refractivity contribution < 1.29 is 0 Å². The molecule has 0 N–H and O–H groups in total. The highest BCUT2D eigenvalue weighted by Crippen LogP contribution is 2.50. The summed E-state index contributed by atoms with van der Waals surface area (Å²) in [5, 5.41) is 0.999. The van der Waals surface area contributed by atoms with E-state index in [2.05, 4.69) is 99.6 Å². The molecule has 0 aliphatic rings. The third kappa shape index (κ3) is 3.49. The largest absolute Gasteiger partial charge is 0.274 e. The number of aromatic nitrogens is 2. The summed E-state index contributed by atoms with van der Waals surface area (Å²) in [7, 11) is 0. The van der Waals surface area contributed by atoms with Gasteiger partial charge in [-0.25, -0.2) is 4.98 Å². The van der Waals surface area contributed by atoms with E-state index < -0.39 is 0 Å². The second-order valence-corrected chi connectivity index (χ2v) is 10.6. The van der Waals surface area contributed by atoms with Crippen LogP contribution < -0.4 is 0 Å². The molecule has 0 fully saturated rings. The molecule has 0 amide bonds. The van der Waals surface area contributed by atoms with Gasteiger partial charge in [0.05, 0.1) is 43.3 Å². The summed E-state index contributed by atoms with van der Waals surface area (Å²) < 4.78 is 5.10. The molecule has 2 aromatic carbocycles.